The van der Waals surface area contributed by atoms with Crippen LogP contribution in [0.1, 0.15) is 47.2 Å². The number of aromatic nitrogens is 1. The molecule has 0 radical (unpaired) electrons. The van der Waals surface area contributed by atoms with Gasteiger partial charge in [-0.2, -0.15) is 0 Å². The maximum absolute atomic E-state index is 13.0. The maximum atomic E-state index is 13.0. The zero-order chi connectivity index (χ0) is 19.2. The lowest BCUT2D eigenvalue weighted by atomic mass is 9.99. The van der Waals surface area contributed by atoms with Gasteiger partial charge < -0.3 is 19.0 Å². The molecule has 1 fully saturated rings. The monoisotopic (exact) mass is 369 g/mol. The second kappa shape index (κ2) is 6.40. The average molecular weight is 369 g/mol. The molecule has 1 atom stereocenters. The van der Waals surface area contributed by atoms with Crippen LogP contribution >= 0.6 is 0 Å². The number of fused-ring (bicyclic) bond motifs is 1. The smallest absolute Gasteiger partial charge is 0.291 e. The molecule has 2 amide bonds. The molecule has 7 heteroatoms. The molecular formula is C20H23N3O4. The average Bonchev–Trinajstić information content (AvgIpc) is 3.25. The van der Waals surface area contributed by atoms with Crippen molar-refractivity contribution in [3.8, 4) is 5.75 Å². The molecule has 1 aromatic carbocycles. The molecule has 7 nitrogen and oxygen atoms in total. The number of carbonyl (C=O) groups excluding carboxylic acids is 2. The summed E-state index contributed by atoms with van der Waals surface area (Å²) in [5, 5.41) is 0. The third kappa shape index (κ3) is 3.29. The van der Waals surface area contributed by atoms with Crippen molar-refractivity contribution in [2.45, 2.75) is 38.8 Å². The van der Waals surface area contributed by atoms with Crippen LogP contribution in [0, 0.1) is 0 Å². The van der Waals surface area contributed by atoms with E-state index in [0.717, 1.165) is 17.7 Å². The van der Waals surface area contributed by atoms with Gasteiger partial charge in [-0.1, -0.05) is 0 Å². The molecule has 0 saturated carbocycles. The van der Waals surface area contributed by atoms with Crippen LogP contribution in [0.15, 0.2) is 35.2 Å². The van der Waals surface area contributed by atoms with Gasteiger partial charge in [0.15, 0.2) is 6.39 Å². The van der Waals surface area contributed by atoms with E-state index in [9.17, 15) is 9.59 Å². The van der Waals surface area contributed by atoms with E-state index in [0.29, 0.717) is 25.2 Å². The van der Waals surface area contributed by atoms with Gasteiger partial charge in [0.2, 0.25) is 5.76 Å². The summed E-state index contributed by atoms with van der Waals surface area (Å²) in [5.74, 6) is 0.875. The molecule has 0 aliphatic carbocycles. The van der Waals surface area contributed by atoms with Crippen molar-refractivity contribution in [1.29, 1.82) is 0 Å². The lowest BCUT2D eigenvalue weighted by Gasteiger charge is -2.39. The summed E-state index contributed by atoms with van der Waals surface area (Å²) in [4.78, 5) is 32.8. The first-order chi connectivity index (χ1) is 12.8. The maximum Gasteiger partial charge on any atom is 0.291 e. The number of carbonyl (C=O) groups is 2. The Kier molecular flexibility index (Phi) is 4.17. The summed E-state index contributed by atoms with van der Waals surface area (Å²) in [6, 6.07) is 5.53. The summed E-state index contributed by atoms with van der Waals surface area (Å²) >= 11 is 0. The van der Waals surface area contributed by atoms with E-state index in [1.54, 1.807) is 9.80 Å². The zero-order valence-corrected chi connectivity index (χ0v) is 15.8. The Morgan fingerprint density at radius 1 is 1.22 bits per heavy atom. The minimum Gasteiger partial charge on any atom is -0.487 e. The van der Waals surface area contributed by atoms with Crippen molar-refractivity contribution in [3.05, 3.63) is 47.7 Å². The second-order valence-electron chi connectivity index (χ2n) is 7.83. The molecule has 3 heterocycles. The van der Waals surface area contributed by atoms with E-state index >= 15 is 0 Å². The summed E-state index contributed by atoms with van der Waals surface area (Å²) in [7, 11) is 0. The molecular weight excluding hydrogens is 346 g/mol. The number of rotatable bonds is 2. The van der Waals surface area contributed by atoms with Gasteiger partial charge in [0, 0.05) is 37.7 Å². The van der Waals surface area contributed by atoms with Crippen molar-refractivity contribution >= 4 is 11.8 Å². The molecule has 142 valence electrons. The van der Waals surface area contributed by atoms with Gasteiger partial charge in [-0.15, -0.1) is 0 Å². The Hall–Kier alpha value is -2.83. The van der Waals surface area contributed by atoms with Crippen molar-refractivity contribution in [2.24, 2.45) is 0 Å². The molecule has 1 saturated heterocycles. The molecule has 2 aliphatic heterocycles. The van der Waals surface area contributed by atoms with Gasteiger partial charge in [0.25, 0.3) is 11.8 Å². The summed E-state index contributed by atoms with van der Waals surface area (Å²) in [6.45, 7) is 7.46. The number of hydrogen-bond acceptors (Lipinski definition) is 5. The summed E-state index contributed by atoms with van der Waals surface area (Å²) in [6.07, 6.45) is 3.45. The van der Waals surface area contributed by atoms with Crippen LogP contribution in [0.3, 0.4) is 0 Å². The van der Waals surface area contributed by atoms with Crippen LogP contribution in [0.2, 0.25) is 0 Å². The van der Waals surface area contributed by atoms with Crippen molar-refractivity contribution in [3.63, 3.8) is 0 Å². The van der Waals surface area contributed by atoms with E-state index in [2.05, 4.69) is 4.98 Å². The highest BCUT2D eigenvalue weighted by atomic mass is 16.5. The lowest BCUT2D eigenvalue weighted by molar-refractivity contribution is 0.0395. The number of nitrogens with zero attached hydrogens (tertiary/aromatic N) is 3. The molecule has 2 aromatic rings. The van der Waals surface area contributed by atoms with Gasteiger partial charge in [-0.05, 0) is 44.5 Å². The van der Waals surface area contributed by atoms with E-state index in [4.69, 9.17) is 9.15 Å². The predicted octanol–water partition coefficient (Wildman–Crippen LogP) is 2.37. The summed E-state index contributed by atoms with van der Waals surface area (Å²) in [5.41, 5.74) is 1.50. The van der Waals surface area contributed by atoms with Crippen molar-refractivity contribution in [2.75, 3.05) is 19.6 Å². The van der Waals surface area contributed by atoms with Gasteiger partial charge in [-0.3, -0.25) is 9.59 Å². The number of hydrogen-bond donors (Lipinski definition) is 0. The van der Waals surface area contributed by atoms with Crippen LogP contribution in [-0.2, 0) is 6.42 Å². The third-order valence-corrected chi connectivity index (χ3v) is 5.13. The van der Waals surface area contributed by atoms with Crippen LogP contribution in [0.4, 0.5) is 0 Å². The number of amides is 2. The first kappa shape index (κ1) is 17.6. The van der Waals surface area contributed by atoms with Crippen LogP contribution < -0.4 is 4.74 Å². The highest BCUT2D eigenvalue weighted by Gasteiger charge is 2.34. The Labute approximate surface area is 157 Å². The topological polar surface area (TPSA) is 75.9 Å². The number of ether oxygens (including phenoxy) is 1. The van der Waals surface area contributed by atoms with Gasteiger partial charge in [0.1, 0.15) is 11.4 Å². The van der Waals surface area contributed by atoms with E-state index in [1.807, 2.05) is 39.0 Å². The molecule has 0 bridgehead atoms. The van der Waals surface area contributed by atoms with Gasteiger partial charge >= 0.3 is 0 Å². The Morgan fingerprint density at radius 3 is 2.74 bits per heavy atom. The number of benzene rings is 1. The van der Waals surface area contributed by atoms with E-state index in [1.165, 1.54) is 12.6 Å². The molecule has 27 heavy (non-hydrogen) atoms. The second-order valence-corrected chi connectivity index (χ2v) is 7.83. The molecule has 4 rings (SSSR count). The fourth-order valence-electron chi connectivity index (χ4n) is 3.83. The highest BCUT2D eigenvalue weighted by molar-refractivity contribution is 5.95. The van der Waals surface area contributed by atoms with E-state index in [-0.39, 0.29) is 29.2 Å². The number of piperazine rings is 1. The lowest BCUT2D eigenvalue weighted by Crippen LogP contribution is -2.55. The molecule has 0 N–H and O–H groups in total. The standard InChI is InChI=1S/C20H23N3O4/c1-13-11-22(6-7-23(13)19(25)17-10-21-12-26-17)18(24)14-4-5-16-15(8-14)9-20(2,3)27-16/h4-5,8,10,12-13H,6-7,9,11H2,1-3H3/t13-/m1/s1. The fraction of sp³-hybridized carbons (Fsp3) is 0.450. The highest BCUT2D eigenvalue weighted by Crippen LogP contribution is 2.35. The first-order valence-electron chi connectivity index (χ1n) is 9.15. The van der Waals surface area contributed by atoms with Gasteiger partial charge in [-0.25, -0.2) is 4.98 Å². The largest absolute Gasteiger partial charge is 0.487 e. The van der Waals surface area contributed by atoms with Crippen molar-refractivity contribution < 1.29 is 18.7 Å². The predicted molar refractivity (Wildman–Crippen MR) is 97.8 cm³/mol. The fourth-order valence-corrected chi connectivity index (χ4v) is 3.83. The molecule has 0 spiro atoms. The Morgan fingerprint density at radius 2 is 2.04 bits per heavy atom. The minimum absolute atomic E-state index is 0.0129. The quantitative estimate of drug-likeness (QED) is 0.812. The Bertz CT molecular complexity index is 875. The number of oxazole rings is 1. The van der Waals surface area contributed by atoms with E-state index < -0.39 is 0 Å². The molecule has 0 unspecified atom stereocenters. The molecule has 2 aliphatic rings. The molecule has 1 aromatic heterocycles. The first-order valence-corrected chi connectivity index (χ1v) is 9.15. The third-order valence-electron chi connectivity index (χ3n) is 5.13. The Balaban J connectivity index is 1.45. The van der Waals surface area contributed by atoms with Crippen LogP contribution in [0.5, 0.6) is 5.75 Å². The van der Waals surface area contributed by atoms with Gasteiger partial charge in [0.05, 0.1) is 6.20 Å². The van der Waals surface area contributed by atoms with Crippen LogP contribution in [-0.4, -0.2) is 57.9 Å². The normalized spacial score (nSPS) is 20.9. The summed E-state index contributed by atoms with van der Waals surface area (Å²) < 4.78 is 11.0. The van der Waals surface area contributed by atoms with Crippen molar-refractivity contribution in [1.82, 2.24) is 14.8 Å². The SMILES string of the molecule is C[C@@H]1CN(C(=O)c2ccc3c(c2)CC(C)(C)O3)CCN1C(=O)c1cnco1. The van der Waals surface area contributed by atoms with Crippen LogP contribution in [0.25, 0.3) is 0 Å². The minimum atomic E-state index is -0.231. The zero-order valence-electron chi connectivity index (χ0n) is 15.8.